The van der Waals surface area contributed by atoms with E-state index in [-0.39, 0.29) is 28.6 Å². The van der Waals surface area contributed by atoms with Gasteiger partial charge < -0.3 is 21.6 Å². The number of aliphatic imine (C=N–C) groups is 2. The average molecular weight is 313 g/mol. The van der Waals surface area contributed by atoms with Gasteiger partial charge in [0.2, 0.25) is 5.96 Å². The zero-order valence-electron chi connectivity index (χ0n) is 10.9. The van der Waals surface area contributed by atoms with Gasteiger partial charge in [0, 0.05) is 17.5 Å². The first-order valence-corrected chi connectivity index (χ1v) is 5.76. The number of nitrogens with zero attached hydrogens (tertiary/aromatic N) is 2. The highest BCUT2D eigenvalue weighted by Crippen LogP contribution is 2.34. The maximum absolute atomic E-state index is 12.9. The van der Waals surface area contributed by atoms with Gasteiger partial charge in [0.05, 0.1) is 11.3 Å². The highest BCUT2D eigenvalue weighted by atomic mass is 19.4. The van der Waals surface area contributed by atoms with Crippen molar-refractivity contribution < 1.29 is 17.6 Å². The summed E-state index contributed by atoms with van der Waals surface area (Å²) in [5.41, 5.74) is 13.2. The largest absolute Gasteiger partial charge is 0.423 e. The molecule has 0 atom stereocenters. The van der Waals surface area contributed by atoms with Gasteiger partial charge in [-0.3, -0.25) is 0 Å². The summed E-state index contributed by atoms with van der Waals surface area (Å²) >= 11 is 0. The highest BCUT2D eigenvalue weighted by Gasteiger charge is 2.33. The molecule has 0 saturated carbocycles. The molecule has 0 aliphatic heterocycles. The first-order valence-electron chi connectivity index (χ1n) is 5.76. The van der Waals surface area contributed by atoms with Crippen LogP contribution in [0.25, 0.3) is 11.0 Å². The summed E-state index contributed by atoms with van der Waals surface area (Å²) < 4.78 is 43.4. The third-order valence-electron chi connectivity index (χ3n) is 2.52. The van der Waals surface area contributed by atoms with Gasteiger partial charge >= 0.3 is 11.8 Å². The number of fused-ring (bicyclic) bond motifs is 1. The predicted molar refractivity (Wildman–Crippen MR) is 74.6 cm³/mol. The topological polar surface area (TPSA) is 133 Å². The predicted octanol–water partition coefficient (Wildman–Crippen LogP) is 1.03. The van der Waals surface area contributed by atoms with E-state index in [9.17, 15) is 18.0 Å². The Balaban J connectivity index is 2.62. The van der Waals surface area contributed by atoms with Crippen molar-refractivity contribution in [3.8, 4) is 0 Å². The van der Waals surface area contributed by atoms with Crippen LogP contribution in [0.3, 0.4) is 0 Å². The molecule has 0 aliphatic rings. The van der Waals surface area contributed by atoms with Crippen molar-refractivity contribution in [3.63, 3.8) is 0 Å². The molecular weight excluding hydrogens is 303 g/mol. The number of halogens is 3. The first-order chi connectivity index (χ1) is 10.2. The minimum Gasteiger partial charge on any atom is -0.423 e. The van der Waals surface area contributed by atoms with Crippen LogP contribution >= 0.6 is 0 Å². The molecule has 116 valence electrons. The zero-order valence-corrected chi connectivity index (χ0v) is 10.9. The fourth-order valence-electron chi connectivity index (χ4n) is 1.75. The Morgan fingerprint density at radius 2 is 1.82 bits per heavy atom. The quantitative estimate of drug-likeness (QED) is 0.411. The molecule has 0 aliphatic carbocycles. The summed E-state index contributed by atoms with van der Waals surface area (Å²) in [6, 6.07) is 3.88. The summed E-state index contributed by atoms with van der Waals surface area (Å²) in [6.45, 7) is 0. The minimum atomic E-state index is -4.68. The summed E-state index contributed by atoms with van der Waals surface area (Å²) in [6.07, 6.45) is -4.68. The number of hydrogen-bond acceptors (Lipinski definition) is 3. The second-order valence-electron chi connectivity index (χ2n) is 4.16. The van der Waals surface area contributed by atoms with Crippen molar-refractivity contribution >= 4 is 28.6 Å². The van der Waals surface area contributed by atoms with E-state index < -0.39 is 17.4 Å². The third kappa shape index (κ3) is 3.34. The van der Waals surface area contributed by atoms with Crippen LogP contribution in [0.15, 0.2) is 43.5 Å². The number of nitrogens with two attached hydrogens (primary N) is 3. The second-order valence-corrected chi connectivity index (χ2v) is 4.16. The van der Waals surface area contributed by atoms with Gasteiger partial charge in [0.1, 0.15) is 5.58 Å². The Morgan fingerprint density at radius 3 is 2.41 bits per heavy atom. The van der Waals surface area contributed by atoms with Gasteiger partial charge in [-0.1, -0.05) is 0 Å². The van der Waals surface area contributed by atoms with E-state index in [1.165, 1.54) is 6.07 Å². The maximum Gasteiger partial charge on any atom is 0.417 e. The normalized spacial score (nSPS) is 12.4. The van der Waals surface area contributed by atoms with Crippen LogP contribution in [0.5, 0.6) is 0 Å². The number of benzene rings is 1. The molecule has 1 aromatic carbocycles. The van der Waals surface area contributed by atoms with E-state index >= 15 is 0 Å². The van der Waals surface area contributed by atoms with Crippen molar-refractivity contribution in [2.24, 2.45) is 27.2 Å². The molecule has 7 nitrogen and oxygen atoms in total. The van der Waals surface area contributed by atoms with Crippen molar-refractivity contribution in [1.82, 2.24) is 0 Å². The molecule has 22 heavy (non-hydrogen) atoms. The van der Waals surface area contributed by atoms with Crippen molar-refractivity contribution in [1.29, 1.82) is 0 Å². The van der Waals surface area contributed by atoms with E-state index in [1.807, 2.05) is 0 Å². The SMILES string of the molecule is NC(N)=NC(N)=Nc1ccc2c(C(F)(F)F)cc(=O)oc2c1. The Hall–Kier alpha value is -3.04. The molecule has 0 spiro atoms. The van der Waals surface area contributed by atoms with E-state index in [0.29, 0.717) is 6.07 Å². The standard InChI is InChI=1S/C12H10F3N5O2/c13-12(14,15)7-4-9(21)22-8-3-5(1-2-6(7)8)19-11(18)20-10(16)17/h1-4H,(H6,16,17,18,19,20). The van der Waals surface area contributed by atoms with Crippen LogP contribution in [0.1, 0.15) is 5.56 Å². The lowest BCUT2D eigenvalue weighted by atomic mass is 10.1. The zero-order chi connectivity index (χ0) is 16.5. The number of alkyl halides is 3. The van der Waals surface area contributed by atoms with E-state index in [2.05, 4.69) is 9.98 Å². The molecular formula is C12H10F3N5O2. The van der Waals surface area contributed by atoms with Gasteiger partial charge in [-0.2, -0.15) is 18.2 Å². The second kappa shape index (κ2) is 5.39. The minimum absolute atomic E-state index is 0.123. The first kappa shape index (κ1) is 15.4. The monoisotopic (exact) mass is 313 g/mol. The Morgan fingerprint density at radius 1 is 1.14 bits per heavy atom. The maximum atomic E-state index is 12.9. The summed E-state index contributed by atoms with van der Waals surface area (Å²) in [5.74, 6) is -0.624. The summed E-state index contributed by atoms with van der Waals surface area (Å²) in [4.78, 5) is 18.5. The van der Waals surface area contributed by atoms with Crippen molar-refractivity contribution in [2.45, 2.75) is 6.18 Å². The van der Waals surface area contributed by atoms with Gasteiger partial charge in [0.25, 0.3) is 0 Å². The lowest BCUT2D eigenvalue weighted by Gasteiger charge is -2.09. The lowest BCUT2D eigenvalue weighted by molar-refractivity contribution is -0.136. The molecule has 2 aromatic rings. The Kier molecular flexibility index (Phi) is 3.76. The summed E-state index contributed by atoms with van der Waals surface area (Å²) in [7, 11) is 0. The molecule has 2 rings (SSSR count). The Labute approximate surface area is 120 Å². The highest BCUT2D eigenvalue weighted by molar-refractivity contribution is 5.94. The van der Waals surface area contributed by atoms with Crippen LogP contribution in [0, 0.1) is 0 Å². The summed E-state index contributed by atoms with van der Waals surface area (Å²) in [5, 5.41) is -0.272. The number of guanidine groups is 2. The molecule has 1 aromatic heterocycles. The van der Waals surface area contributed by atoms with Crippen molar-refractivity contribution in [2.75, 3.05) is 0 Å². The lowest BCUT2D eigenvalue weighted by Crippen LogP contribution is -2.26. The van der Waals surface area contributed by atoms with Crippen LogP contribution in [-0.4, -0.2) is 11.9 Å². The average Bonchev–Trinajstić information content (AvgIpc) is 2.34. The Bertz CT molecular complexity index is 835. The fourth-order valence-corrected chi connectivity index (χ4v) is 1.75. The van der Waals surface area contributed by atoms with Gasteiger partial charge in [0.15, 0.2) is 5.96 Å². The van der Waals surface area contributed by atoms with Gasteiger partial charge in [-0.25, -0.2) is 9.79 Å². The third-order valence-corrected chi connectivity index (χ3v) is 2.52. The van der Waals surface area contributed by atoms with Gasteiger partial charge in [-0.05, 0) is 12.1 Å². The van der Waals surface area contributed by atoms with E-state index in [1.54, 1.807) is 0 Å². The molecule has 0 amide bonds. The molecule has 1 heterocycles. The molecule has 10 heteroatoms. The van der Waals surface area contributed by atoms with Crippen molar-refractivity contribution in [3.05, 3.63) is 40.2 Å². The van der Waals surface area contributed by atoms with Crippen LogP contribution < -0.4 is 22.8 Å². The van der Waals surface area contributed by atoms with Crippen LogP contribution in [0.2, 0.25) is 0 Å². The smallest absolute Gasteiger partial charge is 0.417 e. The van der Waals surface area contributed by atoms with Crippen LogP contribution in [-0.2, 0) is 6.18 Å². The number of hydrogen-bond donors (Lipinski definition) is 3. The molecule has 6 N–H and O–H groups in total. The van der Waals surface area contributed by atoms with Gasteiger partial charge in [-0.15, -0.1) is 0 Å². The fraction of sp³-hybridized carbons (Fsp3) is 0.0833. The molecule has 0 radical (unpaired) electrons. The molecule has 0 saturated heterocycles. The van der Waals surface area contributed by atoms with E-state index in [4.69, 9.17) is 21.6 Å². The molecule has 0 unspecified atom stereocenters. The number of rotatable bonds is 1. The molecule has 0 bridgehead atoms. The van der Waals surface area contributed by atoms with E-state index in [0.717, 1.165) is 12.1 Å². The molecule has 0 fully saturated rings. The van der Waals surface area contributed by atoms with Crippen LogP contribution in [0.4, 0.5) is 18.9 Å².